The van der Waals surface area contributed by atoms with Crippen LogP contribution in [0.5, 0.6) is 5.88 Å². The van der Waals surface area contributed by atoms with Crippen LogP contribution in [0.2, 0.25) is 0 Å². The first-order valence-corrected chi connectivity index (χ1v) is 9.66. The molecule has 166 valence electrons. The number of urea groups is 1. The highest BCUT2D eigenvalue weighted by molar-refractivity contribution is 6.03. The number of ether oxygens (including phenoxy) is 2. The van der Waals surface area contributed by atoms with Gasteiger partial charge in [-0.3, -0.25) is 9.88 Å². The van der Waals surface area contributed by atoms with Gasteiger partial charge < -0.3 is 14.8 Å². The Labute approximate surface area is 181 Å². The van der Waals surface area contributed by atoms with Crippen LogP contribution in [0.3, 0.4) is 0 Å². The molecule has 1 N–H and O–H groups in total. The monoisotopic (exact) mass is 444 g/mol. The van der Waals surface area contributed by atoms with Crippen molar-refractivity contribution in [2.75, 3.05) is 17.3 Å². The van der Waals surface area contributed by atoms with E-state index in [2.05, 4.69) is 15.3 Å². The summed E-state index contributed by atoms with van der Waals surface area (Å²) in [7, 11) is 1.40. The molecule has 7 nitrogen and oxygen atoms in total. The van der Waals surface area contributed by atoms with Gasteiger partial charge >= 0.3 is 12.2 Å². The average molecular weight is 444 g/mol. The zero-order valence-electron chi connectivity index (χ0n) is 17.0. The maximum absolute atomic E-state index is 13.1. The molecule has 1 unspecified atom stereocenters. The number of anilines is 2. The van der Waals surface area contributed by atoms with Crippen LogP contribution < -0.4 is 15.0 Å². The molecule has 1 atom stereocenters. The molecular weight excluding hydrogens is 425 g/mol. The lowest BCUT2D eigenvalue weighted by atomic mass is 10.1. The topological polar surface area (TPSA) is 76.6 Å². The van der Waals surface area contributed by atoms with Crippen molar-refractivity contribution in [2.45, 2.75) is 25.4 Å². The van der Waals surface area contributed by atoms with E-state index in [1.54, 1.807) is 24.5 Å². The second-order valence-corrected chi connectivity index (χ2v) is 7.07. The summed E-state index contributed by atoms with van der Waals surface area (Å²) in [6.07, 6.45) is -0.219. The number of aromatic nitrogens is 2. The summed E-state index contributed by atoms with van der Waals surface area (Å²) in [4.78, 5) is 22.2. The molecule has 0 fully saturated rings. The molecule has 0 spiro atoms. The Morgan fingerprint density at radius 3 is 2.62 bits per heavy atom. The fourth-order valence-corrected chi connectivity index (χ4v) is 3.36. The third kappa shape index (κ3) is 4.65. The number of rotatable bonds is 5. The van der Waals surface area contributed by atoms with Gasteiger partial charge in [-0.25, -0.2) is 9.78 Å². The van der Waals surface area contributed by atoms with Gasteiger partial charge in [0.25, 0.3) is 0 Å². The van der Waals surface area contributed by atoms with Gasteiger partial charge in [-0.15, -0.1) is 0 Å². The average Bonchev–Trinajstić information content (AvgIpc) is 3.17. The number of hydrogen-bond acceptors (Lipinski definition) is 5. The molecule has 2 amide bonds. The molecule has 0 bridgehead atoms. The normalized spacial score (nSPS) is 15.4. The molecule has 1 aliphatic rings. The van der Waals surface area contributed by atoms with Crippen molar-refractivity contribution in [3.05, 3.63) is 77.7 Å². The Hall–Kier alpha value is -3.66. The second kappa shape index (κ2) is 8.83. The molecule has 0 radical (unpaired) electrons. The molecule has 32 heavy (non-hydrogen) atoms. The molecule has 0 saturated carbocycles. The van der Waals surface area contributed by atoms with Crippen LogP contribution in [0.25, 0.3) is 0 Å². The van der Waals surface area contributed by atoms with Gasteiger partial charge in [-0.1, -0.05) is 6.07 Å². The lowest BCUT2D eigenvalue weighted by Gasteiger charge is -2.25. The highest BCUT2D eigenvalue weighted by atomic mass is 19.4. The number of pyridine rings is 2. The fraction of sp³-hybridized carbons (Fsp3) is 0.227. The highest BCUT2D eigenvalue weighted by Gasteiger charge is 2.38. The van der Waals surface area contributed by atoms with Gasteiger partial charge in [0, 0.05) is 32.0 Å². The molecule has 10 heteroatoms. The van der Waals surface area contributed by atoms with E-state index < -0.39 is 24.0 Å². The Bertz CT molecular complexity index is 1090. The van der Waals surface area contributed by atoms with Gasteiger partial charge in [-0.2, -0.15) is 13.2 Å². The number of carbonyl (C=O) groups is 1. The quantitative estimate of drug-likeness (QED) is 0.621. The summed E-state index contributed by atoms with van der Waals surface area (Å²) in [5.74, 6) is 0.357. The van der Waals surface area contributed by atoms with Crippen LogP contribution in [-0.4, -0.2) is 29.3 Å². The molecule has 2 aromatic heterocycles. The minimum absolute atomic E-state index is 0.162. The summed E-state index contributed by atoms with van der Waals surface area (Å²) < 4.78 is 50.4. The Morgan fingerprint density at radius 2 is 1.97 bits per heavy atom. The number of nitrogens with zero attached hydrogens (tertiary/aromatic N) is 3. The first kappa shape index (κ1) is 21.6. The van der Waals surface area contributed by atoms with Crippen molar-refractivity contribution in [3.63, 3.8) is 0 Å². The van der Waals surface area contributed by atoms with E-state index in [-0.39, 0.29) is 12.1 Å². The van der Waals surface area contributed by atoms with Crippen LogP contribution in [0.4, 0.5) is 29.3 Å². The van der Waals surface area contributed by atoms with Gasteiger partial charge in [0.15, 0.2) is 0 Å². The number of amides is 2. The van der Waals surface area contributed by atoms with Gasteiger partial charge in [0.1, 0.15) is 12.8 Å². The van der Waals surface area contributed by atoms with E-state index in [1.165, 1.54) is 24.3 Å². The summed E-state index contributed by atoms with van der Waals surface area (Å²) in [6, 6.07) is 9.53. The zero-order valence-corrected chi connectivity index (χ0v) is 17.0. The smallest absolute Gasteiger partial charge is 0.416 e. The highest BCUT2D eigenvalue weighted by Crippen LogP contribution is 2.38. The predicted molar refractivity (Wildman–Crippen MR) is 110 cm³/mol. The van der Waals surface area contributed by atoms with Crippen molar-refractivity contribution in [2.24, 2.45) is 0 Å². The predicted octanol–water partition coefficient (Wildman–Crippen LogP) is 4.64. The van der Waals surface area contributed by atoms with E-state index in [9.17, 15) is 18.0 Å². The van der Waals surface area contributed by atoms with Crippen LogP contribution in [0, 0.1) is 0 Å². The number of hydrogen-bond donors (Lipinski definition) is 1. The Morgan fingerprint density at radius 1 is 1.19 bits per heavy atom. The van der Waals surface area contributed by atoms with E-state index in [1.807, 2.05) is 12.1 Å². The number of halogens is 3. The summed E-state index contributed by atoms with van der Waals surface area (Å²) in [5, 5.41) is 2.65. The molecule has 0 aliphatic carbocycles. The lowest BCUT2D eigenvalue weighted by molar-refractivity contribution is -0.137. The molecule has 1 aromatic carbocycles. The summed E-state index contributed by atoms with van der Waals surface area (Å²) in [6.45, 7) is 0.308. The summed E-state index contributed by atoms with van der Waals surface area (Å²) >= 11 is 0. The number of methoxy groups -OCH3 is 1. The molecule has 3 aromatic rings. The van der Waals surface area contributed by atoms with Gasteiger partial charge in [0.05, 0.1) is 23.1 Å². The van der Waals surface area contributed by atoms with Crippen LogP contribution >= 0.6 is 0 Å². The number of alkyl halides is 3. The maximum Gasteiger partial charge on any atom is 0.416 e. The number of carbonyl (C=O) groups excluding carboxylic acids is 1. The SMILES string of the molecule is COC1Cc2ccc(C(F)(F)F)cc2N1C(=O)Nc1ccc(OCc2ccncc2)nc1. The van der Waals surface area contributed by atoms with Gasteiger partial charge in [0.2, 0.25) is 5.88 Å². The van der Waals surface area contributed by atoms with Crippen molar-refractivity contribution in [1.82, 2.24) is 9.97 Å². The van der Waals surface area contributed by atoms with Crippen molar-refractivity contribution in [3.8, 4) is 5.88 Å². The zero-order chi connectivity index (χ0) is 22.7. The van der Waals surface area contributed by atoms with E-state index >= 15 is 0 Å². The second-order valence-electron chi connectivity index (χ2n) is 7.07. The van der Waals surface area contributed by atoms with Crippen LogP contribution in [0.1, 0.15) is 16.7 Å². The van der Waals surface area contributed by atoms with Crippen LogP contribution in [-0.2, 0) is 23.9 Å². The van der Waals surface area contributed by atoms with Crippen molar-refractivity contribution in [1.29, 1.82) is 0 Å². The number of benzene rings is 1. The number of nitrogens with one attached hydrogen (secondary N) is 1. The van der Waals surface area contributed by atoms with E-state index in [0.717, 1.165) is 17.7 Å². The molecule has 3 heterocycles. The molecular formula is C22H19F3N4O3. The van der Waals surface area contributed by atoms with Crippen molar-refractivity contribution < 1.29 is 27.4 Å². The van der Waals surface area contributed by atoms with E-state index in [4.69, 9.17) is 9.47 Å². The molecule has 1 aliphatic heterocycles. The standard InChI is InChI=1S/C22H19F3N4O3/c1-31-20-10-15-2-3-16(22(23,24)25)11-18(15)29(20)21(30)28-17-4-5-19(27-12-17)32-13-14-6-8-26-9-7-14/h2-9,11-12,20H,10,13H2,1H3,(H,28,30). The Kier molecular flexibility index (Phi) is 5.95. The van der Waals surface area contributed by atoms with E-state index in [0.29, 0.717) is 23.7 Å². The minimum Gasteiger partial charge on any atom is -0.473 e. The van der Waals surface area contributed by atoms with Gasteiger partial charge in [-0.05, 0) is 41.5 Å². The maximum atomic E-state index is 13.1. The third-order valence-corrected chi connectivity index (χ3v) is 4.97. The number of fused-ring (bicyclic) bond motifs is 1. The summed E-state index contributed by atoms with van der Waals surface area (Å²) in [5.41, 5.74) is 1.22. The van der Waals surface area contributed by atoms with Crippen molar-refractivity contribution >= 4 is 17.4 Å². The largest absolute Gasteiger partial charge is 0.473 e. The Balaban J connectivity index is 1.46. The fourth-order valence-electron chi connectivity index (χ4n) is 3.36. The van der Waals surface area contributed by atoms with Crippen LogP contribution in [0.15, 0.2) is 61.1 Å². The molecule has 4 rings (SSSR count). The molecule has 0 saturated heterocycles. The first-order chi connectivity index (χ1) is 15.3. The lowest BCUT2D eigenvalue weighted by Crippen LogP contribution is -2.41. The third-order valence-electron chi connectivity index (χ3n) is 4.97. The minimum atomic E-state index is -4.52. The first-order valence-electron chi connectivity index (χ1n) is 9.66.